The van der Waals surface area contributed by atoms with E-state index in [9.17, 15) is 9.18 Å². The molecule has 4 heteroatoms. The van der Waals surface area contributed by atoms with E-state index in [1.165, 1.54) is 18.2 Å². The molecule has 0 unspecified atom stereocenters. The predicted octanol–water partition coefficient (Wildman–Crippen LogP) is 3.30. The van der Waals surface area contributed by atoms with Gasteiger partial charge in [-0.1, -0.05) is 6.07 Å². The molecule has 0 heterocycles. The lowest BCUT2D eigenvalue weighted by Gasteiger charge is -2.07. The van der Waals surface area contributed by atoms with Crippen LogP contribution in [0.4, 0.5) is 4.39 Å². The molecule has 0 aliphatic carbocycles. The Bertz CT molecular complexity index is 615. The second-order valence-corrected chi connectivity index (χ2v) is 3.51. The molecule has 0 aromatic heterocycles. The van der Waals surface area contributed by atoms with Crippen LogP contribution in [0, 0.1) is 17.1 Å². The molecule has 0 fully saturated rings. The van der Waals surface area contributed by atoms with E-state index in [4.69, 9.17) is 10.00 Å². The van der Waals surface area contributed by atoms with Gasteiger partial charge in [-0.3, -0.25) is 4.79 Å². The van der Waals surface area contributed by atoms with Gasteiger partial charge >= 0.3 is 0 Å². The molecule has 2 aromatic rings. The Labute approximate surface area is 103 Å². The molecule has 0 radical (unpaired) electrons. The first-order chi connectivity index (χ1) is 8.74. The van der Waals surface area contributed by atoms with E-state index in [0.717, 1.165) is 0 Å². The number of nitrogens with zero attached hydrogens (tertiary/aromatic N) is 1. The zero-order chi connectivity index (χ0) is 13.0. The minimum atomic E-state index is -0.625. The van der Waals surface area contributed by atoms with Crippen LogP contribution in [0.3, 0.4) is 0 Å². The first-order valence-corrected chi connectivity index (χ1v) is 5.16. The number of hydrogen-bond donors (Lipinski definition) is 0. The summed E-state index contributed by atoms with van der Waals surface area (Å²) in [5, 5.41) is 8.84. The Morgan fingerprint density at radius 2 is 1.89 bits per heavy atom. The zero-order valence-corrected chi connectivity index (χ0v) is 9.26. The summed E-state index contributed by atoms with van der Waals surface area (Å²) in [6.45, 7) is 0. The lowest BCUT2D eigenvalue weighted by molar-refractivity contribution is 0.112. The topological polar surface area (TPSA) is 50.1 Å². The molecule has 2 rings (SSSR count). The van der Waals surface area contributed by atoms with Crippen LogP contribution in [-0.4, -0.2) is 6.29 Å². The maximum atomic E-state index is 13.3. The average molecular weight is 241 g/mol. The van der Waals surface area contributed by atoms with Crippen molar-refractivity contribution in [2.45, 2.75) is 0 Å². The second-order valence-electron chi connectivity index (χ2n) is 3.51. The van der Waals surface area contributed by atoms with Crippen molar-refractivity contribution in [1.82, 2.24) is 0 Å². The highest BCUT2D eigenvalue weighted by molar-refractivity contribution is 5.74. The highest BCUT2D eigenvalue weighted by atomic mass is 19.1. The summed E-state index contributed by atoms with van der Waals surface area (Å²) >= 11 is 0. The summed E-state index contributed by atoms with van der Waals surface area (Å²) in [4.78, 5) is 10.5. The van der Waals surface area contributed by atoms with E-state index in [1.807, 2.05) is 0 Å². The van der Waals surface area contributed by atoms with E-state index >= 15 is 0 Å². The molecule has 0 atom stereocenters. The fraction of sp³-hybridized carbons (Fsp3) is 0. The zero-order valence-electron chi connectivity index (χ0n) is 9.26. The summed E-state index contributed by atoms with van der Waals surface area (Å²) < 4.78 is 18.7. The van der Waals surface area contributed by atoms with Crippen molar-refractivity contribution >= 4 is 6.29 Å². The fourth-order valence-electron chi connectivity index (χ4n) is 1.44. The van der Waals surface area contributed by atoms with Crippen LogP contribution >= 0.6 is 0 Å². The van der Waals surface area contributed by atoms with Crippen LogP contribution < -0.4 is 4.74 Å². The van der Waals surface area contributed by atoms with Crippen molar-refractivity contribution in [3.05, 3.63) is 59.4 Å². The van der Waals surface area contributed by atoms with Gasteiger partial charge in [-0.15, -0.1) is 0 Å². The van der Waals surface area contributed by atoms with Crippen LogP contribution in [0.1, 0.15) is 15.9 Å². The minimum Gasteiger partial charge on any atom is -0.456 e. The van der Waals surface area contributed by atoms with E-state index in [0.29, 0.717) is 17.6 Å². The van der Waals surface area contributed by atoms with Crippen molar-refractivity contribution in [3.63, 3.8) is 0 Å². The molecule has 0 bridgehead atoms. The maximum Gasteiger partial charge on any atom is 0.150 e. The van der Waals surface area contributed by atoms with E-state index < -0.39 is 5.82 Å². The van der Waals surface area contributed by atoms with Gasteiger partial charge in [0.05, 0.1) is 0 Å². The summed E-state index contributed by atoms with van der Waals surface area (Å²) in [6.07, 6.45) is 0.715. The van der Waals surface area contributed by atoms with Gasteiger partial charge in [0.1, 0.15) is 35.2 Å². The van der Waals surface area contributed by atoms with Crippen LogP contribution in [0.15, 0.2) is 42.5 Å². The number of carbonyl (C=O) groups is 1. The molecular formula is C14H8FNO2. The van der Waals surface area contributed by atoms with Gasteiger partial charge < -0.3 is 4.74 Å². The van der Waals surface area contributed by atoms with E-state index in [2.05, 4.69) is 0 Å². The number of nitriles is 1. The Morgan fingerprint density at radius 1 is 1.17 bits per heavy atom. The van der Waals surface area contributed by atoms with Gasteiger partial charge in [0.25, 0.3) is 0 Å². The Balaban J connectivity index is 2.31. The Hall–Kier alpha value is -2.67. The van der Waals surface area contributed by atoms with Crippen molar-refractivity contribution < 1.29 is 13.9 Å². The smallest absolute Gasteiger partial charge is 0.150 e. The van der Waals surface area contributed by atoms with Crippen LogP contribution in [0.25, 0.3) is 0 Å². The molecule has 0 aliphatic rings. The molecule has 0 amide bonds. The second kappa shape index (κ2) is 5.11. The molecule has 0 saturated heterocycles. The largest absolute Gasteiger partial charge is 0.456 e. The van der Waals surface area contributed by atoms with Gasteiger partial charge in [0.15, 0.2) is 0 Å². The normalized spacial score (nSPS) is 9.56. The summed E-state index contributed by atoms with van der Waals surface area (Å²) in [5.74, 6) is -0.0430. The third-order valence-corrected chi connectivity index (χ3v) is 2.33. The predicted molar refractivity (Wildman–Crippen MR) is 63.0 cm³/mol. The standard InChI is InChI=1S/C14H8FNO2/c15-13-2-1-3-14(12(13)8-16)18-11-6-4-10(9-17)5-7-11/h1-7,9H. The molecule has 3 nitrogen and oxygen atoms in total. The number of carbonyl (C=O) groups excluding carboxylic acids is 1. The third-order valence-electron chi connectivity index (χ3n) is 2.33. The van der Waals surface area contributed by atoms with Gasteiger partial charge in [-0.25, -0.2) is 4.39 Å². The van der Waals surface area contributed by atoms with Gasteiger partial charge in [0.2, 0.25) is 0 Å². The molecular weight excluding hydrogens is 233 g/mol. The monoisotopic (exact) mass is 241 g/mol. The first-order valence-electron chi connectivity index (χ1n) is 5.16. The fourth-order valence-corrected chi connectivity index (χ4v) is 1.44. The highest BCUT2D eigenvalue weighted by Crippen LogP contribution is 2.26. The highest BCUT2D eigenvalue weighted by Gasteiger charge is 2.09. The number of rotatable bonds is 3. The third kappa shape index (κ3) is 2.36. The average Bonchev–Trinajstić information content (AvgIpc) is 2.40. The SMILES string of the molecule is N#Cc1c(F)cccc1Oc1ccc(C=O)cc1. The Morgan fingerprint density at radius 3 is 2.50 bits per heavy atom. The van der Waals surface area contributed by atoms with Crippen LogP contribution in [0.5, 0.6) is 11.5 Å². The van der Waals surface area contributed by atoms with Crippen molar-refractivity contribution in [1.29, 1.82) is 5.26 Å². The van der Waals surface area contributed by atoms with Crippen molar-refractivity contribution in [3.8, 4) is 17.6 Å². The van der Waals surface area contributed by atoms with Crippen LogP contribution in [-0.2, 0) is 0 Å². The maximum absolute atomic E-state index is 13.3. The van der Waals surface area contributed by atoms with Crippen molar-refractivity contribution in [2.75, 3.05) is 0 Å². The summed E-state index contributed by atoms with van der Waals surface area (Å²) in [7, 11) is 0. The number of ether oxygens (including phenoxy) is 1. The summed E-state index contributed by atoms with van der Waals surface area (Å²) in [5.41, 5.74) is 0.374. The van der Waals surface area contributed by atoms with Crippen LogP contribution in [0.2, 0.25) is 0 Å². The quantitative estimate of drug-likeness (QED) is 0.774. The lowest BCUT2D eigenvalue weighted by Crippen LogP contribution is -1.91. The molecule has 0 spiro atoms. The lowest BCUT2D eigenvalue weighted by atomic mass is 10.2. The molecule has 0 N–H and O–H groups in total. The van der Waals surface area contributed by atoms with E-state index in [-0.39, 0.29) is 11.3 Å². The first kappa shape index (κ1) is 11.8. The van der Waals surface area contributed by atoms with Gasteiger partial charge in [0, 0.05) is 5.56 Å². The van der Waals surface area contributed by atoms with E-state index in [1.54, 1.807) is 30.3 Å². The molecule has 0 aliphatic heterocycles. The molecule has 0 saturated carbocycles. The molecule has 18 heavy (non-hydrogen) atoms. The Kier molecular flexibility index (Phi) is 3.35. The number of benzene rings is 2. The molecule has 88 valence electrons. The van der Waals surface area contributed by atoms with Gasteiger partial charge in [-0.2, -0.15) is 5.26 Å². The summed E-state index contributed by atoms with van der Waals surface area (Å²) in [6, 6.07) is 12.2. The number of halogens is 1. The number of aldehydes is 1. The van der Waals surface area contributed by atoms with Crippen molar-refractivity contribution in [2.24, 2.45) is 0 Å². The van der Waals surface area contributed by atoms with Gasteiger partial charge in [-0.05, 0) is 36.4 Å². The molecule has 2 aromatic carbocycles. The minimum absolute atomic E-state index is 0.142. The number of hydrogen-bond acceptors (Lipinski definition) is 3.